The van der Waals surface area contributed by atoms with Crippen molar-refractivity contribution in [3.05, 3.63) is 18.3 Å². The van der Waals surface area contributed by atoms with Crippen LogP contribution in [0.3, 0.4) is 0 Å². The van der Waals surface area contributed by atoms with Crippen molar-refractivity contribution in [3.8, 4) is 0 Å². The molecule has 0 aromatic carbocycles. The van der Waals surface area contributed by atoms with Crippen molar-refractivity contribution >= 4 is 25.6 Å². The van der Waals surface area contributed by atoms with E-state index in [1.807, 2.05) is 0 Å². The van der Waals surface area contributed by atoms with Crippen LogP contribution in [0.1, 0.15) is 19.3 Å². The van der Waals surface area contributed by atoms with Gasteiger partial charge in [-0.2, -0.15) is 0 Å². The minimum atomic E-state index is -3.66. The van der Waals surface area contributed by atoms with Crippen LogP contribution in [0.2, 0.25) is 0 Å². The highest BCUT2D eigenvalue weighted by Crippen LogP contribution is 2.20. The molecule has 2 heterocycles. The molecule has 6 heteroatoms. The fourth-order valence-corrected chi connectivity index (χ4v) is 2.51. The molecule has 1 aliphatic rings. The SMILES string of the molecule is O=S(=O)(Cl)c1ccc(N2CCCCC2)nc1. The number of rotatable bonds is 2. The van der Waals surface area contributed by atoms with E-state index in [2.05, 4.69) is 9.88 Å². The van der Waals surface area contributed by atoms with E-state index in [0.29, 0.717) is 0 Å². The Kier molecular flexibility index (Phi) is 3.35. The molecule has 1 saturated heterocycles. The zero-order valence-corrected chi connectivity index (χ0v) is 10.3. The van der Waals surface area contributed by atoms with Crippen LogP contribution in [0, 0.1) is 0 Å². The van der Waals surface area contributed by atoms with Gasteiger partial charge < -0.3 is 4.90 Å². The van der Waals surface area contributed by atoms with Gasteiger partial charge in [0.1, 0.15) is 10.7 Å². The maximum atomic E-state index is 11.0. The number of halogens is 1. The summed E-state index contributed by atoms with van der Waals surface area (Å²) in [5.41, 5.74) is 0. The highest BCUT2D eigenvalue weighted by atomic mass is 35.7. The minimum Gasteiger partial charge on any atom is -0.357 e. The van der Waals surface area contributed by atoms with Crippen LogP contribution in [0.25, 0.3) is 0 Å². The smallest absolute Gasteiger partial charge is 0.262 e. The fourth-order valence-electron chi connectivity index (χ4n) is 1.83. The van der Waals surface area contributed by atoms with Crippen molar-refractivity contribution in [3.63, 3.8) is 0 Å². The van der Waals surface area contributed by atoms with Gasteiger partial charge in [-0.05, 0) is 31.4 Å². The van der Waals surface area contributed by atoms with Gasteiger partial charge in [-0.3, -0.25) is 0 Å². The number of anilines is 1. The molecule has 1 aromatic heterocycles. The highest BCUT2D eigenvalue weighted by Gasteiger charge is 2.14. The quantitative estimate of drug-likeness (QED) is 0.764. The van der Waals surface area contributed by atoms with Crippen LogP contribution in [0.4, 0.5) is 5.82 Å². The zero-order chi connectivity index (χ0) is 11.6. The lowest BCUT2D eigenvalue weighted by atomic mass is 10.1. The van der Waals surface area contributed by atoms with Crippen LogP contribution in [0.5, 0.6) is 0 Å². The van der Waals surface area contributed by atoms with Gasteiger partial charge in [0.05, 0.1) is 0 Å². The molecule has 0 unspecified atom stereocenters. The Bertz CT molecular complexity index is 452. The van der Waals surface area contributed by atoms with Crippen molar-refractivity contribution in [2.24, 2.45) is 0 Å². The van der Waals surface area contributed by atoms with Crippen molar-refractivity contribution in [2.75, 3.05) is 18.0 Å². The molecular formula is C10H13ClN2O2S. The maximum Gasteiger partial charge on any atom is 0.262 e. The van der Waals surface area contributed by atoms with Crippen molar-refractivity contribution < 1.29 is 8.42 Å². The number of hydrogen-bond donors (Lipinski definition) is 0. The summed E-state index contributed by atoms with van der Waals surface area (Å²) in [5, 5.41) is 0. The first-order valence-corrected chi connectivity index (χ1v) is 7.54. The van der Waals surface area contributed by atoms with E-state index in [4.69, 9.17) is 10.7 Å². The number of nitrogens with zero attached hydrogens (tertiary/aromatic N) is 2. The molecule has 1 aromatic rings. The van der Waals surface area contributed by atoms with Crippen LogP contribution in [-0.4, -0.2) is 26.5 Å². The van der Waals surface area contributed by atoms with E-state index in [-0.39, 0.29) is 4.90 Å². The maximum absolute atomic E-state index is 11.0. The van der Waals surface area contributed by atoms with Crippen molar-refractivity contribution in [1.82, 2.24) is 4.98 Å². The predicted octanol–water partition coefficient (Wildman–Crippen LogP) is 2.00. The molecule has 16 heavy (non-hydrogen) atoms. The normalized spacial score (nSPS) is 17.4. The van der Waals surface area contributed by atoms with Crippen molar-refractivity contribution in [1.29, 1.82) is 0 Å². The van der Waals surface area contributed by atoms with Crippen molar-refractivity contribution in [2.45, 2.75) is 24.2 Å². The van der Waals surface area contributed by atoms with Gasteiger partial charge in [0, 0.05) is 30.0 Å². The monoisotopic (exact) mass is 260 g/mol. The molecule has 0 atom stereocenters. The Morgan fingerprint density at radius 1 is 1.19 bits per heavy atom. The molecule has 0 aliphatic carbocycles. The average Bonchev–Trinajstić information content (AvgIpc) is 2.29. The number of piperidine rings is 1. The van der Waals surface area contributed by atoms with Crippen LogP contribution < -0.4 is 4.90 Å². The molecule has 88 valence electrons. The lowest BCUT2D eigenvalue weighted by Gasteiger charge is -2.27. The number of aromatic nitrogens is 1. The summed E-state index contributed by atoms with van der Waals surface area (Å²) < 4.78 is 22.1. The van der Waals surface area contributed by atoms with Crippen LogP contribution in [0.15, 0.2) is 23.2 Å². The summed E-state index contributed by atoms with van der Waals surface area (Å²) in [6.45, 7) is 1.97. The summed E-state index contributed by atoms with van der Waals surface area (Å²) in [6, 6.07) is 3.21. The number of hydrogen-bond acceptors (Lipinski definition) is 4. The molecule has 0 bridgehead atoms. The largest absolute Gasteiger partial charge is 0.357 e. The molecule has 0 amide bonds. The predicted molar refractivity (Wildman–Crippen MR) is 63.3 cm³/mol. The summed E-state index contributed by atoms with van der Waals surface area (Å²) in [5.74, 6) is 0.823. The third-order valence-corrected chi connectivity index (χ3v) is 4.02. The third kappa shape index (κ3) is 2.65. The van der Waals surface area contributed by atoms with Gasteiger partial charge in [0.2, 0.25) is 0 Å². The van der Waals surface area contributed by atoms with Crippen LogP contribution in [-0.2, 0) is 9.05 Å². The molecule has 1 fully saturated rings. The Labute approximate surface area is 99.7 Å². The Balaban J connectivity index is 2.18. The van der Waals surface area contributed by atoms with E-state index < -0.39 is 9.05 Å². The van der Waals surface area contributed by atoms with Gasteiger partial charge in [-0.25, -0.2) is 13.4 Å². The molecule has 0 radical (unpaired) electrons. The molecular weight excluding hydrogens is 248 g/mol. The second-order valence-corrected chi connectivity index (χ2v) is 6.40. The zero-order valence-electron chi connectivity index (χ0n) is 8.76. The molecule has 0 spiro atoms. The van der Waals surface area contributed by atoms with E-state index in [1.165, 1.54) is 18.7 Å². The fraction of sp³-hybridized carbons (Fsp3) is 0.500. The topological polar surface area (TPSA) is 50.3 Å². The van der Waals surface area contributed by atoms with Gasteiger partial charge in [0.25, 0.3) is 9.05 Å². The molecule has 0 N–H and O–H groups in total. The van der Waals surface area contributed by atoms with E-state index in [9.17, 15) is 8.42 Å². The second kappa shape index (κ2) is 4.59. The minimum absolute atomic E-state index is 0.0509. The standard InChI is InChI=1S/C10H13ClN2O2S/c11-16(14,15)9-4-5-10(12-8-9)13-6-2-1-3-7-13/h4-5,8H,1-3,6-7H2. The number of pyridine rings is 1. The summed E-state index contributed by atoms with van der Waals surface area (Å²) >= 11 is 0. The molecule has 0 saturated carbocycles. The summed E-state index contributed by atoms with van der Waals surface area (Å²) in [4.78, 5) is 6.34. The first kappa shape index (κ1) is 11.7. The summed E-state index contributed by atoms with van der Waals surface area (Å²) in [7, 11) is 1.56. The Morgan fingerprint density at radius 2 is 1.88 bits per heavy atom. The first-order valence-electron chi connectivity index (χ1n) is 5.23. The lowest BCUT2D eigenvalue weighted by Crippen LogP contribution is -2.30. The Morgan fingerprint density at radius 3 is 2.38 bits per heavy atom. The van der Waals surface area contributed by atoms with E-state index in [0.717, 1.165) is 31.7 Å². The second-order valence-electron chi connectivity index (χ2n) is 3.84. The molecule has 1 aliphatic heterocycles. The lowest BCUT2D eigenvalue weighted by molar-refractivity contribution is 0.573. The summed E-state index contributed by atoms with van der Waals surface area (Å²) in [6.07, 6.45) is 4.89. The van der Waals surface area contributed by atoms with Gasteiger partial charge in [0.15, 0.2) is 0 Å². The highest BCUT2D eigenvalue weighted by molar-refractivity contribution is 8.13. The van der Waals surface area contributed by atoms with Gasteiger partial charge in [-0.1, -0.05) is 0 Å². The van der Waals surface area contributed by atoms with Gasteiger partial charge in [-0.15, -0.1) is 0 Å². The molecule has 2 rings (SSSR count). The first-order chi connectivity index (χ1) is 7.57. The van der Waals surface area contributed by atoms with E-state index in [1.54, 1.807) is 6.07 Å². The van der Waals surface area contributed by atoms with Crippen LogP contribution >= 0.6 is 10.7 Å². The molecule has 4 nitrogen and oxygen atoms in total. The van der Waals surface area contributed by atoms with E-state index >= 15 is 0 Å². The van der Waals surface area contributed by atoms with Gasteiger partial charge >= 0.3 is 0 Å². The third-order valence-electron chi connectivity index (χ3n) is 2.68. The average molecular weight is 261 g/mol. The Hall–Kier alpha value is -0.810.